The maximum atomic E-state index is 10.4. The highest BCUT2D eigenvalue weighted by molar-refractivity contribution is 5.69. The minimum Gasteiger partial charge on any atom is -0.435 e. The first kappa shape index (κ1) is 8.17. The van der Waals surface area contributed by atoms with E-state index in [4.69, 9.17) is 0 Å². The van der Waals surface area contributed by atoms with E-state index in [-0.39, 0.29) is 12.4 Å². The van der Waals surface area contributed by atoms with Gasteiger partial charge in [-0.25, -0.2) is 0 Å². The topological polar surface area (TPSA) is 35.5 Å². The van der Waals surface area contributed by atoms with Crippen LogP contribution in [0.4, 0.5) is 0 Å². The molecule has 0 bridgehead atoms. The highest BCUT2D eigenvalue weighted by atomic mass is 16.5. The van der Waals surface area contributed by atoms with Gasteiger partial charge in [-0.2, -0.15) is 0 Å². The third-order valence-corrected chi connectivity index (χ3v) is 0.725. The van der Waals surface area contributed by atoms with Gasteiger partial charge >= 0.3 is 5.97 Å². The van der Waals surface area contributed by atoms with Gasteiger partial charge < -0.3 is 9.47 Å². The van der Waals surface area contributed by atoms with Crippen molar-refractivity contribution in [3.05, 3.63) is 12.8 Å². The first-order valence-corrected chi connectivity index (χ1v) is 2.60. The van der Waals surface area contributed by atoms with Gasteiger partial charge in [0.05, 0.1) is 19.3 Å². The summed E-state index contributed by atoms with van der Waals surface area (Å²) in [5.74, 6) is -0.313. The molecule has 0 saturated carbocycles. The molecule has 0 aliphatic carbocycles. The van der Waals surface area contributed by atoms with Crippen molar-refractivity contribution < 1.29 is 14.3 Å². The second-order valence-corrected chi connectivity index (χ2v) is 1.40. The lowest BCUT2D eigenvalue weighted by Gasteiger charge is -1.95. The van der Waals surface area contributed by atoms with Crippen LogP contribution >= 0.6 is 0 Å². The lowest BCUT2D eigenvalue weighted by atomic mass is 10.5. The van der Waals surface area contributed by atoms with Gasteiger partial charge in [-0.3, -0.25) is 4.79 Å². The van der Waals surface area contributed by atoms with Crippen LogP contribution in [-0.4, -0.2) is 19.7 Å². The molecule has 0 radical (unpaired) electrons. The fourth-order valence-corrected chi connectivity index (χ4v) is 0.337. The second kappa shape index (κ2) is 5.31. The van der Waals surface area contributed by atoms with Gasteiger partial charge in [0.25, 0.3) is 0 Å². The van der Waals surface area contributed by atoms with Gasteiger partial charge in [0, 0.05) is 7.11 Å². The monoisotopic (exact) mass is 130 g/mol. The molecular formula is C6H10O3. The number of carbonyl (C=O) groups is 1. The van der Waals surface area contributed by atoms with Crippen molar-refractivity contribution in [1.82, 2.24) is 0 Å². The fraction of sp³-hybridized carbons (Fsp3) is 0.500. The summed E-state index contributed by atoms with van der Waals surface area (Å²) < 4.78 is 9.01. The summed E-state index contributed by atoms with van der Waals surface area (Å²) in [5.41, 5.74) is 0. The van der Waals surface area contributed by atoms with Gasteiger partial charge in [0.1, 0.15) is 0 Å². The Kier molecular flexibility index (Phi) is 4.82. The Morgan fingerprint density at radius 1 is 1.78 bits per heavy atom. The molecule has 0 atom stereocenters. The van der Waals surface area contributed by atoms with Crippen LogP contribution in [-0.2, 0) is 14.3 Å². The van der Waals surface area contributed by atoms with Gasteiger partial charge in [-0.15, -0.1) is 0 Å². The largest absolute Gasteiger partial charge is 0.435 e. The highest BCUT2D eigenvalue weighted by Crippen LogP contribution is 1.85. The van der Waals surface area contributed by atoms with Crippen molar-refractivity contribution in [2.75, 3.05) is 13.7 Å². The molecule has 0 amide bonds. The zero-order valence-electron chi connectivity index (χ0n) is 5.42. The van der Waals surface area contributed by atoms with E-state index >= 15 is 0 Å². The average Bonchev–Trinajstić information content (AvgIpc) is 1.85. The highest BCUT2D eigenvalue weighted by Gasteiger charge is 1.97. The Hall–Kier alpha value is -0.830. The standard InChI is InChI=1S/C6H10O3/c1-3-9-6(7)4-5-8-2/h3H,1,4-5H2,2H3. The van der Waals surface area contributed by atoms with E-state index in [9.17, 15) is 4.79 Å². The molecular weight excluding hydrogens is 120 g/mol. The first-order chi connectivity index (χ1) is 4.31. The van der Waals surface area contributed by atoms with Crippen molar-refractivity contribution >= 4 is 5.97 Å². The van der Waals surface area contributed by atoms with Crippen molar-refractivity contribution in [3.63, 3.8) is 0 Å². The van der Waals surface area contributed by atoms with Crippen LogP contribution < -0.4 is 0 Å². The summed E-state index contributed by atoms with van der Waals surface area (Å²) >= 11 is 0. The summed E-state index contributed by atoms with van der Waals surface area (Å²) in [4.78, 5) is 10.4. The molecule has 0 aromatic heterocycles. The van der Waals surface area contributed by atoms with Gasteiger partial charge in [-0.05, 0) is 0 Å². The summed E-state index contributed by atoms with van der Waals surface area (Å²) in [5, 5.41) is 0. The molecule has 0 heterocycles. The van der Waals surface area contributed by atoms with E-state index in [1.807, 2.05) is 0 Å². The van der Waals surface area contributed by atoms with Crippen molar-refractivity contribution in [2.45, 2.75) is 6.42 Å². The van der Waals surface area contributed by atoms with Crippen molar-refractivity contribution in [3.8, 4) is 0 Å². The third kappa shape index (κ3) is 5.03. The number of hydrogen-bond acceptors (Lipinski definition) is 3. The number of rotatable bonds is 4. The van der Waals surface area contributed by atoms with E-state index in [1.54, 1.807) is 0 Å². The zero-order chi connectivity index (χ0) is 7.11. The minimum absolute atomic E-state index is 0.280. The lowest BCUT2D eigenvalue weighted by Crippen LogP contribution is -2.02. The maximum Gasteiger partial charge on any atom is 0.312 e. The van der Waals surface area contributed by atoms with E-state index in [0.29, 0.717) is 6.61 Å². The molecule has 0 fully saturated rings. The average molecular weight is 130 g/mol. The molecule has 0 aromatic rings. The molecule has 0 aliphatic rings. The van der Waals surface area contributed by atoms with Crippen LogP contribution in [0.3, 0.4) is 0 Å². The molecule has 0 aromatic carbocycles. The Balaban J connectivity index is 3.16. The number of ether oxygens (including phenoxy) is 2. The van der Waals surface area contributed by atoms with E-state index < -0.39 is 0 Å². The predicted molar refractivity (Wildman–Crippen MR) is 32.8 cm³/mol. The van der Waals surface area contributed by atoms with Crippen LogP contribution in [0.25, 0.3) is 0 Å². The molecule has 3 nitrogen and oxygen atoms in total. The Bertz CT molecular complexity index is 98.5. The Labute approximate surface area is 54.3 Å². The molecule has 0 spiro atoms. The molecule has 0 aliphatic heterocycles. The third-order valence-electron chi connectivity index (χ3n) is 0.725. The number of carbonyl (C=O) groups excluding carboxylic acids is 1. The summed E-state index contributed by atoms with van der Waals surface area (Å²) in [6.07, 6.45) is 1.39. The molecule has 0 rings (SSSR count). The normalized spacial score (nSPS) is 8.56. The van der Waals surface area contributed by atoms with Crippen molar-refractivity contribution in [1.29, 1.82) is 0 Å². The lowest BCUT2D eigenvalue weighted by molar-refractivity contribution is -0.138. The Morgan fingerprint density at radius 2 is 2.44 bits per heavy atom. The number of methoxy groups -OCH3 is 1. The number of esters is 1. The molecule has 52 valence electrons. The van der Waals surface area contributed by atoms with Gasteiger partial charge in [0.15, 0.2) is 0 Å². The smallest absolute Gasteiger partial charge is 0.312 e. The summed E-state index contributed by atoms with van der Waals surface area (Å²) in [6.45, 7) is 3.62. The van der Waals surface area contributed by atoms with Crippen LogP contribution in [0.5, 0.6) is 0 Å². The minimum atomic E-state index is -0.313. The maximum absolute atomic E-state index is 10.4. The SMILES string of the molecule is C=COC(=O)CCOC. The zero-order valence-corrected chi connectivity index (χ0v) is 5.42. The van der Waals surface area contributed by atoms with Crippen LogP contribution in [0.2, 0.25) is 0 Å². The molecule has 0 saturated heterocycles. The van der Waals surface area contributed by atoms with Crippen LogP contribution in [0, 0.1) is 0 Å². The molecule has 0 N–H and O–H groups in total. The van der Waals surface area contributed by atoms with E-state index in [0.717, 1.165) is 6.26 Å². The molecule has 0 unspecified atom stereocenters. The van der Waals surface area contributed by atoms with Crippen molar-refractivity contribution in [2.24, 2.45) is 0 Å². The Morgan fingerprint density at radius 3 is 2.89 bits per heavy atom. The fourth-order valence-electron chi connectivity index (χ4n) is 0.337. The molecule has 3 heteroatoms. The van der Waals surface area contributed by atoms with Crippen LogP contribution in [0.15, 0.2) is 12.8 Å². The van der Waals surface area contributed by atoms with Crippen LogP contribution in [0.1, 0.15) is 6.42 Å². The quantitative estimate of drug-likeness (QED) is 0.415. The summed E-state index contributed by atoms with van der Waals surface area (Å²) in [6, 6.07) is 0. The van der Waals surface area contributed by atoms with E-state index in [1.165, 1.54) is 7.11 Å². The van der Waals surface area contributed by atoms with Gasteiger partial charge in [0.2, 0.25) is 0 Å². The number of hydrogen-bond donors (Lipinski definition) is 0. The summed E-state index contributed by atoms with van der Waals surface area (Å²) in [7, 11) is 1.53. The molecule has 9 heavy (non-hydrogen) atoms. The van der Waals surface area contributed by atoms with Gasteiger partial charge in [-0.1, -0.05) is 6.58 Å². The predicted octanol–water partition coefficient (Wildman–Crippen LogP) is 0.710. The first-order valence-electron chi connectivity index (χ1n) is 2.60. The van der Waals surface area contributed by atoms with E-state index in [2.05, 4.69) is 16.1 Å². The second-order valence-electron chi connectivity index (χ2n) is 1.40.